The van der Waals surface area contributed by atoms with Crippen LogP contribution in [0.4, 0.5) is 4.39 Å². The standard InChI is InChI=1S/C25H32FN3O/c26-22-11-5-9-20(15-22)17-29-14-6-10-21(18-29)25(23-12-3-4-13-27-23)28-24(30)16-19-7-1-2-8-19/h3-5,9,11-13,15,19,21,25H,1-2,6-8,10,14,16-18H2,(H,28,30)/t21-,25-/m0/s1. The van der Waals surface area contributed by atoms with Gasteiger partial charge in [-0.25, -0.2) is 4.39 Å². The number of pyridine rings is 1. The molecule has 0 bridgehead atoms. The van der Waals surface area contributed by atoms with Crippen molar-refractivity contribution in [1.82, 2.24) is 15.2 Å². The minimum Gasteiger partial charge on any atom is -0.347 e. The van der Waals surface area contributed by atoms with E-state index in [-0.39, 0.29) is 17.8 Å². The van der Waals surface area contributed by atoms with Gasteiger partial charge in [0.2, 0.25) is 5.91 Å². The van der Waals surface area contributed by atoms with Crippen LogP contribution < -0.4 is 5.32 Å². The molecule has 2 aliphatic rings. The largest absolute Gasteiger partial charge is 0.347 e. The minimum absolute atomic E-state index is 0.0737. The zero-order chi connectivity index (χ0) is 20.8. The van der Waals surface area contributed by atoms with E-state index in [2.05, 4.69) is 15.2 Å². The molecule has 5 heteroatoms. The van der Waals surface area contributed by atoms with Crippen LogP contribution in [0.5, 0.6) is 0 Å². The van der Waals surface area contributed by atoms with E-state index >= 15 is 0 Å². The summed E-state index contributed by atoms with van der Waals surface area (Å²) in [6.45, 7) is 2.61. The fourth-order valence-corrected chi connectivity index (χ4v) is 5.10. The number of piperidine rings is 1. The number of hydrogen-bond donors (Lipinski definition) is 1. The van der Waals surface area contributed by atoms with E-state index in [9.17, 15) is 9.18 Å². The summed E-state index contributed by atoms with van der Waals surface area (Å²) in [4.78, 5) is 19.8. The van der Waals surface area contributed by atoms with Crippen LogP contribution in [0.3, 0.4) is 0 Å². The van der Waals surface area contributed by atoms with Crippen LogP contribution >= 0.6 is 0 Å². The van der Waals surface area contributed by atoms with Crippen LogP contribution in [0.15, 0.2) is 48.7 Å². The van der Waals surface area contributed by atoms with Gasteiger partial charge < -0.3 is 5.32 Å². The normalized spacial score (nSPS) is 21.4. The first kappa shape index (κ1) is 21.0. The summed E-state index contributed by atoms with van der Waals surface area (Å²) < 4.78 is 13.6. The van der Waals surface area contributed by atoms with Gasteiger partial charge >= 0.3 is 0 Å². The minimum atomic E-state index is -0.188. The number of carbonyl (C=O) groups excluding carboxylic acids is 1. The summed E-state index contributed by atoms with van der Waals surface area (Å²) in [5.41, 5.74) is 1.94. The molecule has 0 unspecified atom stereocenters. The average Bonchev–Trinajstić information content (AvgIpc) is 3.26. The fourth-order valence-electron chi connectivity index (χ4n) is 5.10. The van der Waals surface area contributed by atoms with Gasteiger partial charge in [-0.2, -0.15) is 0 Å². The second-order valence-electron chi connectivity index (χ2n) is 8.92. The highest BCUT2D eigenvalue weighted by molar-refractivity contribution is 5.76. The molecule has 2 fully saturated rings. The Bertz CT molecular complexity index is 822. The second-order valence-corrected chi connectivity index (χ2v) is 8.92. The zero-order valence-corrected chi connectivity index (χ0v) is 17.6. The maximum atomic E-state index is 13.6. The summed E-state index contributed by atoms with van der Waals surface area (Å²) in [7, 11) is 0. The summed E-state index contributed by atoms with van der Waals surface area (Å²) >= 11 is 0. The molecule has 1 saturated carbocycles. The lowest BCUT2D eigenvalue weighted by Gasteiger charge is -2.37. The van der Waals surface area contributed by atoms with Gasteiger partial charge in [-0.1, -0.05) is 31.0 Å². The Kier molecular flexibility index (Phi) is 7.11. The third kappa shape index (κ3) is 5.66. The van der Waals surface area contributed by atoms with E-state index < -0.39 is 0 Å². The van der Waals surface area contributed by atoms with Gasteiger partial charge in [-0.05, 0) is 73.9 Å². The third-order valence-corrected chi connectivity index (χ3v) is 6.58. The maximum Gasteiger partial charge on any atom is 0.220 e. The van der Waals surface area contributed by atoms with E-state index in [1.807, 2.05) is 24.3 Å². The molecule has 1 aliphatic heterocycles. The molecule has 1 aromatic carbocycles. The van der Waals surface area contributed by atoms with Crippen molar-refractivity contribution < 1.29 is 9.18 Å². The number of carbonyl (C=O) groups is 1. The highest BCUT2D eigenvalue weighted by Crippen LogP contribution is 2.31. The van der Waals surface area contributed by atoms with Crippen LogP contribution in [0.25, 0.3) is 0 Å². The SMILES string of the molecule is O=C(CC1CCCC1)N[C@H](c1ccccn1)[C@H]1CCCN(Cc2cccc(F)c2)C1. The molecule has 0 spiro atoms. The predicted octanol–water partition coefficient (Wildman–Crippen LogP) is 4.87. The van der Waals surface area contributed by atoms with E-state index in [1.165, 1.54) is 31.7 Å². The van der Waals surface area contributed by atoms with Crippen LogP contribution in [0.2, 0.25) is 0 Å². The summed E-state index contributed by atoms with van der Waals surface area (Å²) in [6, 6.07) is 12.7. The van der Waals surface area contributed by atoms with Gasteiger partial charge in [0.05, 0.1) is 11.7 Å². The van der Waals surface area contributed by atoms with Gasteiger partial charge in [0.15, 0.2) is 0 Å². The molecule has 1 N–H and O–H groups in total. The molecule has 160 valence electrons. The Morgan fingerprint density at radius 1 is 1.13 bits per heavy atom. The number of likely N-dealkylation sites (tertiary alicyclic amines) is 1. The van der Waals surface area contributed by atoms with Crippen molar-refractivity contribution in [2.75, 3.05) is 13.1 Å². The molecule has 1 amide bonds. The summed E-state index contributed by atoms with van der Waals surface area (Å²) in [6.07, 6.45) is 9.41. The quantitative estimate of drug-likeness (QED) is 0.710. The van der Waals surface area contributed by atoms with Gasteiger partial charge in [-0.3, -0.25) is 14.7 Å². The monoisotopic (exact) mass is 409 g/mol. The highest BCUT2D eigenvalue weighted by atomic mass is 19.1. The lowest BCUT2D eigenvalue weighted by atomic mass is 9.87. The van der Waals surface area contributed by atoms with Crippen LogP contribution in [-0.2, 0) is 11.3 Å². The molecule has 2 atom stereocenters. The number of benzene rings is 1. The van der Waals surface area contributed by atoms with E-state index in [0.717, 1.165) is 43.7 Å². The molecule has 2 aromatic rings. The highest BCUT2D eigenvalue weighted by Gasteiger charge is 2.31. The van der Waals surface area contributed by atoms with E-state index in [1.54, 1.807) is 18.3 Å². The lowest BCUT2D eigenvalue weighted by Crippen LogP contribution is -2.43. The number of nitrogens with zero attached hydrogens (tertiary/aromatic N) is 2. The number of nitrogens with one attached hydrogen (secondary N) is 1. The van der Waals surface area contributed by atoms with Crippen LogP contribution in [0.1, 0.15) is 62.2 Å². The number of halogens is 1. The molecular weight excluding hydrogens is 377 g/mol. The molecular formula is C25H32FN3O. The van der Waals surface area contributed by atoms with Crippen molar-refractivity contribution >= 4 is 5.91 Å². The average molecular weight is 410 g/mol. The lowest BCUT2D eigenvalue weighted by molar-refractivity contribution is -0.123. The Hall–Kier alpha value is -2.27. The van der Waals surface area contributed by atoms with Crippen molar-refractivity contribution in [3.63, 3.8) is 0 Å². The Morgan fingerprint density at radius 2 is 2.00 bits per heavy atom. The maximum absolute atomic E-state index is 13.6. The van der Waals surface area contributed by atoms with Gasteiger partial charge in [0, 0.05) is 25.7 Å². The molecule has 1 aliphatic carbocycles. The molecule has 1 aromatic heterocycles. The first-order valence-corrected chi connectivity index (χ1v) is 11.3. The molecule has 0 radical (unpaired) electrons. The number of rotatable bonds is 7. The first-order valence-electron chi connectivity index (χ1n) is 11.3. The second kappa shape index (κ2) is 10.2. The van der Waals surface area contributed by atoms with Crippen molar-refractivity contribution in [2.45, 2.75) is 57.5 Å². The topological polar surface area (TPSA) is 45.2 Å². The smallest absolute Gasteiger partial charge is 0.220 e. The van der Waals surface area contributed by atoms with Crippen LogP contribution in [-0.4, -0.2) is 28.9 Å². The number of amides is 1. The fraction of sp³-hybridized carbons (Fsp3) is 0.520. The molecule has 2 heterocycles. The summed E-state index contributed by atoms with van der Waals surface area (Å²) in [5.74, 6) is 0.798. The number of aromatic nitrogens is 1. The zero-order valence-electron chi connectivity index (χ0n) is 17.6. The molecule has 4 nitrogen and oxygen atoms in total. The Labute approximate surface area is 178 Å². The van der Waals surface area contributed by atoms with Gasteiger partial charge in [-0.15, -0.1) is 0 Å². The third-order valence-electron chi connectivity index (χ3n) is 6.58. The molecule has 4 rings (SSSR count). The van der Waals surface area contributed by atoms with Crippen LogP contribution in [0, 0.1) is 17.7 Å². The molecule has 1 saturated heterocycles. The number of hydrogen-bond acceptors (Lipinski definition) is 3. The predicted molar refractivity (Wildman–Crippen MR) is 116 cm³/mol. The van der Waals surface area contributed by atoms with Crippen molar-refractivity contribution in [1.29, 1.82) is 0 Å². The Balaban J connectivity index is 1.44. The van der Waals surface area contributed by atoms with E-state index in [0.29, 0.717) is 18.3 Å². The van der Waals surface area contributed by atoms with Crippen molar-refractivity contribution in [2.24, 2.45) is 11.8 Å². The van der Waals surface area contributed by atoms with Crippen molar-refractivity contribution in [3.05, 3.63) is 65.7 Å². The van der Waals surface area contributed by atoms with Crippen molar-refractivity contribution in [3.8, 4) is 0 Å². The van der Waals surface area contributed by atoms with Gasteiger partial charge in [0.1, 0.15) is 5.82 Å². The first-order chi connectivity index (χ1) is 14.7. The Morgan fingerprint density at radius 3 is 2.77 bits per heavy atom. The van der Waals surface area contributed by atoms with E-state index in [4.69, 9.17) is 0 Å². The van der Waals surface area contributed by atoms with Gasteiger partial charge in [0.25, 0.3) is 0 Å². The molecule has 30 heavy (non-hydrogen) atoms. The summed E-state index contributed by atoms with van der Waals surface area (Å²) in [5, 5.41) is 3.34.